The summed E-state index contributed by atoms with van der Waals surface area (Å²) in [5.41, 5.74) is -0.187. The zero-order valence-electron chi connectivity index (χ0n) is 17.1. The van der Waals surface area contributed by atoms with E-state index in [0.29, 0.717) is 12.4 Å². The number of carbonyl (C=O) groups excluding carboxylic acids is 3. The van der Waals surface area contributed by atoms with Crippen LogP contribution in [0.5, 0.6) is 0 Å². The molecule has 7 nitrogen and oxygen atoms in total. The Balaban J connectivity index is 1.91. The number of nitrogens with zero attached hydrogens (tertiary/aromatic N) is 3. The number of nitrogens with one attached hydrogen (secondary N) is 1. The van der Waals surface area contributed by atoms with Crippen LogP contribution in [-0.4, -0.2) is 51.5 Å². The summed E-state index contributed by atoms with van der Waals surface area (Å²) in [6, 6.07) is 3.82. The minimum absolute atomic E-state index is 0.0232. The molecular weight excluding hydrogens is 388 g/mol. The zero-order valence-corrected chi connectivity index (χ0v) is 18.0. The average molecular weight is 415 g/mol. The minimum Gasteiger partial charge on any atom is -0.352 e. The Kier molecular flexibility index (Phi) is 6.02. The molecule has 0 radical (unpaired) electrons. The van der Waals surface area contributed by atoms with Crippen molar-refractivity contribution in [2.45, 2.75) is 52.2 Å². The SMILES string of the molecule is CC1=CC2=NC(=O)C[C@@](C)(C(=O)N(CC(=O)NC(C)C)Cc3cccs3)N2C=C1. The van der Waals surface area contributed by atoms with Gasteiger partial charge in [-0.05, 0) is 56.9 Å². The average Bonchev–Trinajstić information content (AvgIpc) is 3.12. The van der Waals surface area contributed by atoms with E-state index in [1.807, 2.05) is 44.4 Å². The topological polar surface area (TPSA) is 82.1 Å². The number of thiophene rings is 1. The number of rotatable bonds is 6. The van der Waals surface area contributed by atoms with Crippen LogP contribution in [0, 0.1) is 0 Å². The molecule has 0 aromatic carbocycles. The largest absolute Gasteiger partial charge is 0.352 e. The first kappa shape index (κ1) is 21.0. The predicted octanol–water partition coefficient (Wildman–Crippen LogP) is 2.46. The summed E-state index contributed by atoms with van der Waals surface area (Å²) in [6.45, 7) is 7.64. The Labute approximate surface area is 174 Å². The van der Waals surface area contributed by atoms with Crippen molar-refractivity contribution in [2.24, 2.45) is 4.99 Å². The molecule has 0 saturated carbocycles. The summed E-state index contributed by atoms with van der Waals surface area (Å²) in [5, 5.41) is 4.77. The van der Waals surface area contributed by atoms with E-state index in [2.05, 4.69) is 10.3 Å². The fourth-order valence-electron chi connectivity index (χ4n) is 3.49. The molecule has 1 aromatic rings. The van der Waals surface area contributed by atoms with Crippen LogP contribution in [-0.2, 0) is 20.9 Å². The molecule has 3 amide bonds. The molecular formula is C21H26N4O3S. The van der Waals surface area contributed by atoms with Crippen molar-refractivity contribution in [1.29, 1.82) is 0 Å². The molecule has 0 spiro atoms. The minimum atomic E-state index is -1.14. The number of hydrogen-bond acceptors (Lipinski definition) is 5. The molecule has 154 valence electrons. The van der Waals surface area contributed by atoms with Crippen molar-refractivity contribution in [3.05, 3.63) is 46.3 Å². The molecule has 3 heterocycles. The lowest BCUT2D eigenvalue weighted by molar-refractivity contribution is -0.146. The Morgan fingerprint density at radius 3 is 2.83 bits per heavy atom. The summed E-state index contributed by atoms with van der Waals surface area (Å²) in [6.07, 6.45) is 5.42. The monoisotopic (exact) mass is 414 g/mol. The Morgan fingerprint density at radius 1 is 1.41 bits per heavy atom. The second-order valence-corrected chi connectivity index (χ2v) is 8.88. The Bertz CT molecular complexity index is 901. The maximum atomic E-state index is 13.7. The third kappa shape index (κ3) is 4.64. The molecule has 0 bridgehead atoms. The first-order chi connectivity index (χ1) is 13.7. The van der Waals surface area contributed by atoms with Crippen molar-refractivity contribution in [3.8, 4) is 0 Å². The normalized spacial score (nSPS) is 20.9. The number of aliphatic imine (C=N–C) groups is 1. The highest BCUT2D eigenvalue weighted by atomic mass is 32.1. The Morgan fingerprint density at radius 2 is 2.17 bits per heavy atom. The number of amides is 3. The van der Waals surface area contributed by atoms with Crippen LogP contribution in [0.4, 0.5) is 0 Å². The molecule has 2 aliphatic rings. The van der Waals surface area contributed by atoms with E-state index in [1.54, 1.807) is 24.1 Å². The molecule has 8 heteroatoms. The smallest absolute Gasteiger partial charge is 0.250 e. The van der Waals surface area contributed by atoms with Crippen LogP contribution in [0.2, 0.25) is 0 Å². The molecule has 29 heavy (non-hydrogen) atoms. The van der Waals surface area contributed by atoms with Gasteiger partial charge in [0.25, 0.3) is 5.91 Å². The van der Waals surface area contributed by atoms with Crippen molar-refractivity contribution in [3.63, 3.8) is 0 Å². The number of carbonyl (C=O) groups is 3. The first-order valence-electron chi connectivity index (χ1n) is 9.57. The van der Waals surface area contributed by atoms with Gasteiger partial charge in [-0.1, -0.05) is 6.07 Å². The van der Waals surface area contributed by atoms with Gasteiger partial charge in [0, 0.05) is 17.1 Å². The van der Waals surface area contributed by atoms with Crippen LogP contribution >= 0.6 is 11.3 Å². The summed E-state index contributed by atoms with van der Waals surface area (Å²) in [5.74, 6) is -0.383. The van der Waals surface area contributed by atoms with E-state index in [0.717, 1.165) is 10.5 Å². The van der Waals surface area contributed by atoms with Crippen molar-refractivity contribution < 1.29 is 14.4 Å². The molecule has 3 rings (SSSR count). The molecule has 1 atom stereocenters. The highest BCUT2D eigenvalue weighted by Crippen LogP contribution is 2.31. The number of amidine groups is 1. The highest BCUT2D eigenvalue weighted by molar-refractivity contribution is 7.09. The van der Waals surface area contributed by atoms with Gasteiger partial charge in [-0.3, -0.25) is 14.4 Å². The van der Waals surface area contributed by atoms with Gasteiger partial charge in [0.2, 0.25) is 11.8 Å². The van der Waals surface area contributed by atoms with Gasteiger partial charge in [-0.15, -0.1) is 11.3 Å². The van der Waals surface area contributed by atoms with E-state index in [4.69, 9.17) is 0 Å². The molecule has 0 unspecified atom stereocenters. The number of fused-ring (bicyclic) bond motifs is 1. The fourth-order valence-corrected chi connectivity index (χ4v) is 4.21. The lowest BCUT2D eigenvalue weighted by Crippen LogP contribution is -2.61. The number of allylic oxidation sites excluding steroid dienone is 2. The molecule has 1 N–H and O–H groups in total. The first-order valence-corrected chi connectivity index (χ1v) is 10.5. The maximum Gasteiger partial charge on any atom is 0.250 e. The molecule has 0 aliphatic carbocycles. The van der Waals surface area contributed by atoms with Gasteiger partial charge in [-0.2, -0.15) is 4.99 Å². The van der Waals surface area contributed by atoms with Gasteiger partial charge in [-0.25, -0.2) is 0 Å². The lowest BCUT2D eigenvalue weighted by atomic mass is 9.90. The number of hydrogen-bond donors (Lipinski definition) is 1. The fraction of sp³-hybridized carbons (Fsp3) is 0.429. The summed E-state index contributed by atoms with van der Waals surface area (Å²) in [4.78, 5) is 46.8. The van der Waals surface area contributed by atoms with Crippen molar-refractivity contribution in [1.82, 2.24) is 15.1 Å². The van der Waals surface area contributed by atoms with Crippen LogP contribution in [0.15, 0.2) is 46.4 Å². The molecule has 0 saturated heterocycles. The summed E-state index contributed by atoms with van der Waals surface area (Å²) >= 11 is 1.53. The van der Waals surface area contributed by atoms with E-state index in [-0.39, 0.29) is 36.7 Å². The predicted molar refractivity (Wildman–Crippen MR) is 113 cm³/mol. The maximum absolute atomic E-state index is 13.7. The zero-order chi connectivity index (χ0) is 21.2. The Hall–Kier alpha value is -2.74. The molecule has 2 aliphatic heterocycles. The molecule has 1 aromatic heterocycles. The second-order valence-electron chi connectivity index (χ2n) is 7.85. The quantitative estimate of drug-likeness (QED) is 0.775. The van der Waals surface area contributed by atoms with Gasteiger partial charge in [0.05, 0.1) is 19.5 Å². The van der Waals surface area contributed by atoms with Gasteiger partial charge >= 0.3 is 0 Å². The van der Waals surface area contributed by atoms with Gasteiger partial charge in [0.1, 0.15) is 11.4 Å². The van der Waals surface area contributed by atoms with Crippen LogP contribution < -0.4 is 5.32 Å². The van der Waals surface area contributed by atoms with Gasteiger partial charge in [0.15, 0.2) is 0 Å². The second kappa shape index (κ2) is 8.32. The standard InChI is InChI=1S/C21H26N4O3S/c1-14(2)22-19(27)13-24(12-16-6-5-9-29-16)20(28)21(4)11-18(26)23-17-10-15(3)7-8-25(17)21/h5-10,14H,11-13H2,1-4H3,(H,22,27)/t21-/m0/s1. The van der Waals surface area contributed by atoms with E-state index in [1.165, 1.54) is 16.2 Å². The molecule has 0 fully saturated rings. The van der Waals surface area contributed by atoms with E-state index in [9.17, 15) is 14.4 Å². The van der Waals surface area contributed by atoms with Crippen LogP contribution in [0.1, 0.15) is 39.0 Å². The highest BCUT2D eigenvalue weighted by Gasteiger charge is 2.47. The van der Waals surface area contributed by atoms with Crippen molar-refractivity contribution >= 4 is 34.9 Å². The van der Waals surface area contributed by atoms with E-state index < -0.39 is 5.54 Å². The third-order valence-electron chi connectivity index (χ3n) is 4.82. The van der Waals surface area contributed by atoms with Crippen LogP contribution in [0.25, 0.3) is 0 Å². The van der Waals surface area contributed by atoms with E-state index >= 15 is 0 Å². The lowest BCUT2D eigenvalue weighted by Gasteiger charge is -2.44. The van der Waals surface area contributed by atoms with Crippen LogP contribution in [0.3, 0.4) is 0 Å². The summed E-state index contributed by atoms with van der Waals surface area (Å²) in [7, 11) is 0. The van der Waals surface area contributed by atoms with Gasteiger partial charge < -0.3 is 15.1 Å². The van der Waals surface area contributed by atoms with Crippen molar-refractivity contribution in [2.75, 3.05) is 6.54 Å². The third-order valence-corrected chi connectivity index (χ3v) is 5.68. The summed E-state index contributed by atoms with van der Waals surface area (Å²) < 4.78 is 0.